The molecule has 0 bridgehead atoms. The highest BCUT2D eigenvalue weighted by Crippen LogP contribution is 2.45. The molecule has 134 valence electrons. The molecule has 0 aromatic carbocycles. The monoisotopic (exact) mass is 320 g/mol. The molecule has 3 aliphatic carbocycles. The average molecular weight is 321 g/mol. The molecule has 0 amide bonds. The standard InChI is InChI=1S/C22H40O/c1-4-22(3,5-2)19-12-14-20(15-13-19)23-21-11-7-10-18(16-21)17-8-6-9-17/h17-21H,4-16H2,1-3H3. The summed E-state index contributed by atoms with van der Waals surface area (Å²) < 4.78 is 6.61. The van der Waals surface area contributed by atoms with Crippen LogP contribution in [0.25, 0.3) is 0 Å². The maximum atomic E-state index is 6.61. The van der Waals surface area contributed by atoms with Gasteiger partial charge in [-0.3, -0.25) is 0 Å². The van der Waals surface area contributed by atoms with Crippen molar-refractivity contribution >= 4 is 0 Å². The summed E-state index contributed by atoms with van der Waals surface area (Å²) in [5.41, 5.74) is 0.575. The summed E-state index contributed by atoms with van der Waals surface area (Å²) in [5.74, 6) is 3.00. The van der Waals surface area contributed by atoms with Gasteiger partial charge in [0.25, 0.3) is 0 Å². The van der Waals surface area contributed by atoms with Gasteiger partial charge in [-0.15, -0.1) is 0 Å². The fraction of sp³-hybridized carbons (Fsp3) is 1.00. The highest BCUT2D eigenvalue weighted by molar-refractivity contribution is 4.87. The first kappa shape index (κ1) is 17.8. The van der Waals surface area contributed by atoms with Crippen molar-refractivity contribution in [1.29, 1.82) is 0 Å². The second kappa shape index (κ2) is 7.89. The molecule has 3 rings (SSSR count). The van der Waals surface area contributed by atoms with Gasteiger partial charge in [0.05, 0.1) is 12.2 Å². The lowest BCUT2D eigenvalue weighted by Crippen LogP contribution is -2.36. The summed E-state index contributed by atoms with van der Waals surface area (Å²) in [7, 11) is 0. The molecule has 1 nitrogen and oxygen atoms in total. The van der Waals surface area contributed by atoms with Gasteiger partial charge in [0.2, 0.25) is 0 Å². The molecule has 3 aliphatic rings. The van der Waals surface area contributed by atoms with Crippen LogP contribution in [0.2, 0.25) is 0 Å². The van der Waals surface area contributed by atoms with Gasteiger partial charge in [0.1, 0.15) is 0 Å². The van der Waals surface area contributed by atoms with Crippen LogP contribution in [0.15, 0.2) is 0 Å². The van der Waals surface area contributed by atoms with Crippen molar-refractivity contribution in [2.75, 3.05) is 0 Å². The van der Waals surface area contributed by atoms with Crippen molar-refractivity contribution in [2.45, 2.75) is 116 Å². The van der Waals surface area contributed by atoms with Gasteiger partial charge in [0, 0.05) is 0 Å². The number of hydrogen-bond donors (Lipinski definition) is 0. The van der Waals surface area contributed by atoms with E-state index in [-0.39, 0.29) is 0 Å². The number of hydrogen-bond acceptors (Lipinski definition) is 1. The molecular weight excluding hydrogens is 280 g/mol. The van der Waals surface area contributed by atoms with Crippen molar-refractivity contribution in [3.05, 3.63) is 0 Å². The molecule has 0 aromatic rings. The van der Waals surface area contributed by atoms with Crippen molar-refractivity contribution in [1.82, 2.24) is 0 Å². The molecule has 2 atom stereocenters. The predicted octanol–water partition coefficient (Wildman–Crippen LogP) is 6.75. The van der Waals surface area contributed by atoms with Crippen molar-refractivity contribution in [3.8, 4) is 0 Å². The van der Waals surface area contributed by atoms with Crippen LogP contribution in [0, 0.1) is 23.2 Å². The van der Waals surface area contributed by atoms with Crippen molar-refractivity contribution in [2.24, 2.45) is 23.2 Å². The van der Waals surface area contributed by atoms with E-state index in [2.05, 4.69) is 20.8 Å². The summed E-state index contributed by atoms with van der Waals surface area (Å²) in [5, 5.41) is 0. The summed E-state index contributed by atoms with van der Waals surface area (Å²) in [6.45, 7) is 7.28. The van der Waals surface area contributed by atoms with Crippen LogP contribution in [0.4, 0.5) is 0 Å². The van der Waals surface area contributed by atoms with Gasteiger partial charge in [0.15, 0.2) is 0 Å². The van der Waals surface area contributed by atoms with E-state index in [0.29, 0.717) is 17.6 Å². The van der Waals surface area contributed by atoms with Crippen molar-refractivity contribution < 1.29 is 4.74 Å². The molecule has 0 aliphatic heterocycles. The van der Waals surface area contributed by atoms with E-state index >= 15 is 0 Å². The summed E-state index contributed by atoms with van der Waals surface area (Å²) in [6, 6.07) is 0. The Morgan fingerprint density at radius 3 is 1.91 bits per heavy atom. The number of rotatable bonds is 6. The first-order valence-electron chi connectivity index (χ1n) is 10.8. The maximum absolute atomic E-state index is 6.61. The topological polar surface area (TPSA) is 9.23 Å². The minimum absolute atomic E-state index is 0.575. The zero-order chi connectivity index (χ0) is 16.3. The Labute approximate surface area is 144 Å². The van der Waals surface area contributed by atoms with Crippen LogP contribution in [-0.4, -0.2) is 12.2 Å². The van der Waals surface area contributed by atoms with E-state index in [4.69, 9.17) is 4.74 Å². The Bertz CT molecular complexity index is 347. The number of ether oxygens (including phenoxy) is 1. The Kier molecular flexibility index (Phi) is 6.10. The molecule has 0 heterocycles. The molecule has 2 unspecified atom stereocenters. The molecule has 0 spiro atoms. The minimum Gasteiger partial charge on any atom is -0.375 e. The largest absolute Gasteiger partial charge is 0.375 e. The van der Waals surface area contributed by atoms with Crippen LogP contribution >= 0.6 is 0 Å². The zero-order valence-corrected chi connectivity index (χ0v) is 16.0. The van der Waals surface area contributed by atoms with Gasteiger partial charge >= 0.3 is 0 Å². The highest BCUT2D eigenvalue weighted by atomic mass is 16.5. The van der Waals surface area contributed by atoms with E-state index in [0.717, 1.165) is 17.8 Å². The van der Waals surface area contributed by atoms with Gasteiger partial charge in [-0.1, -0.05) is 59.3 Å². The van der Waals surface area contributed by atoms with Gasteiger partial charge < -0.3 is 4.74 Å². The molecule has 0 radical (unpaired) electrons. The molecule has 1 heteroatoms. The van der Waals surface area contributed by atoms with E-state index in [1.54, 1.807) is 0 Å². The van der Waals surface area contributed by atoms with E-state index in [1.807, 2.05) is 0 Å². The Hall–Kier alpha value is -0.0400. The Morgan fingerprint density at radius 2 is 1.35 bits per heavy atom. The summed E-state index contributed by atoms with van der Waals surface area (Å²) in [4.78, 5) is 0. The third-order valence-electron chi connectivity index (χ3n) is 8.14. The van der Waals surface area contributed by atoms with Gasteiger partial charge in [-0.2, -0.15) is 0 Å². The highest BCUT2D eigenvalue weighted by Gasteiger charge is 2.36. The summed E-state index contributed by atoms with van der Waals surface area (Å²) >= 11 is 0. The van der Waals surface area contributed by atoms with E-state index < -0.39 is 0 Å². The first-order valence-corrected chi connectivity index (χ1v) is 10.8. The predicted molar refractivity (Wildman–Crippen MR) is 98.6 cm³/mol. The molecule has 3 fully saturated rings. The first-order chi connectivity index (χ1) is 11.1. The zero-order valence-electron chi connectivity index (χ0n) is 16.0. The molecule has 0 aromatic heterocycles. The van der Waals surface area contributed by atoms with Gasteiger partial charge in [-0.05, 0) is 68.1 Å². The smallest absolute Gasteiger partial charge is 0.0581 e. The lowest BCUT2D eigenvalue weighted by molar-refractivity contribution is -0.0751. The average Bonchev–Trinajstić information content (AvgIpc) is 2.53. The molecule has 0 saturated heterocycles. The molecule has 3 saturated carbocycles. The quantitative estimate of drug-likeness (QED) is 0.526. The molecule has 0 N–H and O–H groups in total. The van der Waals surface area contributed by atoms with E-state index in [1.165, 1.54) is 83.5 Å². The van der Waals surface area contributed by atoms with Crippen molar-refractivity contribution in [3.63, 3.8) is 0 Å². The Morgan fingerprint density at radius 1 is 0.739 bits per heavy atom. The lowest BCUT2D eigenvalue weighted by Gasteiger charge is -2.43. The van der Waals surface area contributed by atoms with Crippen LogP contribution < -0.4 is 0 Å². The third kappa shape index (κ3) is 4.14. The summed E-state index contributed by atoms with van der Waals surface area (Å²) in [6.07, 6.45) is 19.4. The van der Waals surface area contributed by atoms with Crippen LogP contribution in [0.5, 0.6) is 0 Å². The Balaban J connectivity index is 1.43. The third-order valence-corrected chi connectivity index (χ3v) is 8.14. The fourth-order valence-corrected chi connectivity index (χ4v) is 5.64. The van der Waals surface area contributed by atoms with Crippen LogP contribution in [0.3, 0.4) is 0 Å². The second-order valence-electron chi connectivity index (χ2n) is 9.21. The molecule has 23 heavy (non-hydrogen) atoms. The molecular formula is C22H40O. The second-order valence-corrected chi connectivity index (χ2v) is 9.21. The SMILES string of the molecule is CCC(C)(CC)C1CCC(OC2CCCC(C3CCC3)C2)CC1. The normalized spacial score (nSPS) is 36.7. The van der Waals surface area contributed by atoms with Crippen LogP contribution in [-0.2, 0) is 4.74 Å². The fourth-order valence-electron chi connectivity index (χ4n) is 5.64. The minimum atomic E-state index is 0.575. The van der Waals surface area contributed by atoms with Gasteiger partial charge in [-0.25, -0.2) is 0 Å². The maximum Gasteiger partial charge on any atom is 0.0581 e. The lowest BCUT2D eigenvalue weighted by atomic mass is 9.66. The van der Waals surface area contributed by atoms with E-state index in [9.17, 15) is 0 Å². The van der Waals surface area contributed by atoms with Crippen LogP contribution in [0.1, 0.15) is 104 Å².